The number of hydrogen-bond donors (Lipinski definition) is 2. The Bertz CT molecular complexity index is 903. The minimum Gasteiger partial charge on any atom is -0.502 e. The molecule has 0 saturated carbocycles. The predicted octanol–water partition coefficient (Wildman–Crippen LogP) is 2.53. The van der Waals surface area contributed by atoms with Crippen LogP contribution in [0.4, 0.5) is 13.2 Å². The van der Waals surface area contributed by atoms with E-state index in [0.717, 1.165) is 22.3 Å². The smallest absolute Gasteiger partial charge is 0.416 e. The van der Waals surface area contributed by atoms with Crippen LogP contribution in [-0.2, 0) is 19.6 Å². The Labute approximate surface area is 140 Å². The molecule has 0 spiro atoms. The molecule has 1 aliphatic rings. The number of carbonyl (C=O) groups is 1. The molecule has 0 aliphatic heterocycles. The summed E-state index contributed by atoms with van der Waals surface area (Å²) < 4.78 is 39.8. The van der Waals surface area contributed by atoms with Crippen molar-refractivity contribution in [3.8, 4) is 5.75 Å². The molecule has 132 valence electrons. The van der Waals surface area contributed by atoms with E-state index in [1.807, 2.05) is 0 Å². The SMILES string of the molecule is Cn1ccc(C(=O)NC2CCc3ccc(C(F)(F)F)cc32)c(O)c1=O. The first kappa shape index (κ1) is 17.1. The molecule has 0 saturated heterocycles. The van der Waals surface area contributed by atoms with Crippen molar-refractivity contribution in [2.24, 2.45) is 7.05 Å². The van der Waals surface area contributed by atoms with Crippen LogP contribution in [0.3, 0.4) is 0 Å². The average molecular weight is 352 g/mol. The van der Waals surface area contributed by atoms with Gasteiger partial charge in [-0.3, -0.25) is 9.59 Å². The van der Waals surface area contributed by atoms with Gasteiger partial charge in [-0.15, -0.1) is 0 Å². The standard InChI is InChI=1S/C17H15F3N2O3/c1-22-7-6-11(14(23)16(22)25)15(24)21-13-5-3-9-2-4-10(8-12(9)13)17(18,19)20/h2,4,6-8,13,23H,3,5H2,1H3,(H,21,24). The van der Waals surface area contributed by atoms with Crippen molar-refractivity contribution in [3.05, 3.63) is 63.1 Å². The van der Waals surface area contributed by atoms with E-state index in [4.69, 9.17) is 0 Å². The Morgan fingerprint density at radius 2 is 2.04 bits per heavy atom. The van der Waals surface area contributed by atoms with Crippen molar-refractivity contribution >= 4 is 5.91 Å². The number of pyridine rings is 1. The summed E-state index contributed by atoms with van der Waals surface area (Å²) in [4.78, 5) is 24.0. The molecule has 8 heteroatoms. The van der Waals surface area contributed by atoms with Crippen LogP contribution < -0.4 is 10.9 Å². The maximum absolute atomic E-state index is 12.9. The van der Waals surface area contributed by atoms with Crippen LogP contribution in [0, 0.1) is 0 Å². The molecule has 1 aromatic carbocycles. The fraction of sp³-hybridized carbons (Fsp3) is 0.294. The lowest BCUT2D eigenvalue weighted by Crippen LogP contribution is -2.29. The van der Waals surface area contributed by atoms with E-state index in [2.05, 4.69) is 5.32 Å². The van der Waals surface area contributed by atoms with Gasteiger partial charge in [-0.25, -0.2) is 0 Å². The molecule has 25 heavy (non-hydrogen) atoms. The third-order valence-electron chi connectivity index (χ3n) is 4.34. The lowest BCUT2D eigenvalue weighted by atomic mass is 10.0. The molecule has 1 aromatic heterocycles. The van der Waals surface area contributed by atoms with Crippen molar-refractivity contribution in [2.75, 3.05) is 0 Å². The van der Waals surface area contributed by atoms with Crippen molar-refractivity contribution in [1.82, 2.24) is 9.88 Å². The van der Waals surface area contributed by atoms with Crippen LogP contribution in [0.25, 0.3) is 0 Å². The van der Waals surface area contributed by atoms with Gasteiger partial charge in [0.25, 0.3) is 11.5 Å². The number of aryl methyl sites for hydroxylation is 2. The zero-order valence-corrected chi connectivity index (χ0v) is 13.2. The van der Waals surface area contributed by atoms with Gasteiger partial charge in [0.15, 0.2) is 5.75 Å². The van der Waals surface area contributed by atoms with Crippen molar-refractivity contribution in [3.63, 3.8) is 0 Å². The van der Waals surface area contributed by atoms with E-state index in [1.165, 1.54) is 25.4 Å². The summed E-state index contributed by atoms with van der Waals surface area (Å²) >= 11 is 0. The van der Waals surface area contributed by atoms with Gasteiger partial charge < -0.3 is 15.0 Å². The number of nitrogens with zero attached hydrogens (tertiary/aromatic N) is 1. The second-order valence-electron chi connectivity index (χ2n) is 5.97. The molecule has 3 rings (SSSR count). The molecule has 2 N–H and O–H groups in total. The summed E-state index contributed by atoms with van der Waals surface area (Å²) in [6.45, 7) is 0. The second-order valence-corrected chi connectivity index (χ2v) is 5.97. The van der Waals surface area contributed by atoms with Gasteiger partial charge >= 0.3 is 6.18 Å². The largest absolute Gasteiger partial charge is 0.502 e. The first-order valence-electron chi connectivity index (χ1n) is 7.58. The van der Waals surface area contributed by atoms with E-state index >= 15 is 0 Å². The van der Waals surface area contributed by atoms with Crippen LogP contribution in [0.1, 0.15) is 39.5 Å². The van der Waals surface area contributed by atoms with Gasteiger partial charge in [0.05, 0.1) is 17.2 Å². The molecular weight excluding hydrogens is 337 g/mol. The van der Waals surface area contributed by atoms with E-state index < -0.39 is 35.0 Å². The zero-order valence-electron chi connectivity index (χ0n) is 13.2. The van der Waals surface area contributed by atoms with E-state index in [9.17, 15) is 27.9 Å². The van der Waals surface area contributed by atoms with Crippen molar-refractivity contribution in [1.29, 1.82) is 0 Å². The number of hydrogen-bond acceptors (Lipinski definition) is 3. The predicted molar refractivity (Wildman–Crippen MR) is 83.3 cm³/mol. The van der Waals surface area contributed by atoms with Crippen LogP contribution in [0.5, 0.6) is 5.75 Å². The quantitative estimate of drug-likeness (QED) is 0.873. The number of fused-ring (bicyclic) bond motifs is 1. The number of halogens is 3. The molecular formula is C17H15F3N2O3. The van der Waals surface area contributed by atoms with Crippen LogP contribution in [0.15, 0.2) is 35.3 Å². The van der Waals surface area contributed by atoms with Crippen molar-refractivity contribution < 1.29 is 23.1 Å². The zero-order chi connectivity index (χ0) is 18.4. The molecule has 1 heterocycles. The third-order valence-corrected chi connectivity index (χ3v) is 4.34. The summed E-state index contributed by atoms with van der Waals surface area (Å²) in [7, 11) is 1.43. The Morgan fingerprint density at radius 3 is 2.72 bits per heavy atom. The fourth-order valence-corrected chi connectivity index (χ4v) is 2.96. The summed E-state index contributed by atoms with van der Waals surface area (Å²) in [6, 6.07) is 4.16. The summed E-state index contributed by atoms with van der Waals surface area (Å²) in [5.41, 5.74) is -0.552. The Balaban J connectivity index is 1.88. The van der Waals surface area contributed by atoms with Gasteiger partial charge in [-0.2, -0.15) is 13.2 Å². The highest BCUT2D eigenvalue weighted by atomic mass is 19.4. The molecule has 0 radical (unpaired) electrons. The van der Waals surface area contributed by atoms with E-state index in [1.54, 1.807) is 0 Å². The minimum absolute atomic E-state index is 0.205. The van der Waals surface area contributed by atoms with Gasteiger partial charge in [-0.05, 0) is 42.2 Å². The van der Waals surface area contributed by atoms with Crippen LogP contribution in [-0.4, -0.2) is 15.6 Å². The van der Waals surface area contributed by atoms with Crippen LogP contribution >= 0.6 is 0 Å². The third kappa shape index (κ3) is 3.11. The molecule has 1 aliphatic carbocycles. The molecule has 1 unspecified atom stereocenters. The van der Waals surface area contributed by atoms with Gasteiger partial charge in [-0.1, -0.05) is 6.07 Å². The number of carbonyl (C=O) groups excluding carboxylic acids is 1. The lowest BCUT2D eigenvalue weighted by molar-refractivity contribution is -0.137. The highest BCUT2D eigenvalue weighted by Gasteiger charge is 2.33. The second kappa shape index (κ2) is 5.94. The first-order valence-corrected chi connectivity index (χ1v) is 7.58. The topological polar surface area (TPSA) is 71.3 Å². The Morgan fingerprint density at radius 1 is 1.32 bits per heavy atom. The molecule has 2 aromatic rings. The highest BCUT2D eigenvalue weighted by Crippen LogP contribution is 2.37. The number of amides is 1. The molecule has 1 amide bonds. The minimum atomic E-state index is -4.46. The number of aromatic nitrogens is 1. The van der Waals surface area contributed by atoms with Gasteiger partial charge in [0, 0.05) is 13.2 Å². The van der Waals surface area contributed by atoms with Gasteiger partial charge in [0.2, 0.25) is 0 Å². The lowest BCUT2D eigenvalue weighted by Gasteiger charge is -2.16. The molecule has 0 bridgehead atoms. The molecule has 1 atom stereocenters. The Hall–Kier alpha value is -2.77. The van der Waals surface area contributed by atoms with Gasteiger partial charge in [0.1, 0.15) is 0 Å². The summed E-state index contributed by atoms with van der Waals surface area (Å²) in [5, 5.41) is 12.4. The number of rotatable bonds is 2. The first-order chi connectivity index (χ1) is 11.7. The number of nitrogens with one attached hydrogen (secondary N) is 1. The van der Waals surface area contributed by atoms with E-state index in [0.29, 0.717) is 18.4 Å². The average Bonchev–Trinajstić information content (AvgIpc) is 2.94. The maximum atomic E-state index is 12.9. The van der Waals surface area contributed by atoms with Crippen molar-refractivity contribution in [2.45, 2.75) is 25.1 Å². The summed E-state index contributed by atoms with van der Waals surface area (Å²) in [5.74, 6) is -1.39. The summed E-state index contributed by atoms with van der Waals surface area (Å²) in [6.07, 6.45) is -2.13. The monoisotopic (exact) mass is 352 g/mol. The molecule has 5 nitrogen and oxygen atoms in total. The Kier molecular flexibility index (Phi) is 4.06. The number of alkyl halides is 3. The number of aromatic hydroxyl groups is 1. The number of benzene rings is 1. The fourth-order valence-electron chi connectivity index (χ4n) is 2.96. The van der Waals surface area contributed by atoms with Crippen LogP contribution in [0.2, 0.25) is 0 Å². The maximum Gasteiger partial charge on any atom is 0.416 e. The van der Waals surface area contributed by atoms with E-state index in [-0.39, 0.29) is 5.56 Å². The normalized spacial score (nSPS) is 16.6. The molecule has 0 fully saturated rings. The highest BCUT2D eigenvalue weighted by molar-refractivity contribution is 5.96.